The van der Waals surface area contributed by atoms with E-state index in [1.165, 1.54) is 24.3 Å². The molecular weight excluding hydrogens is 413 g/mol. The van der Waals surface area contributed by atoms with Crippen LogP contribution in [0.5, 0.6) is 0 Å². The fourth-order valence-corrected chi connectivity index (χ4v) is 4.26. The van der Waals surface area contributed by atoms with Crippen molar-refractivity contribution in [1.82, 2.24) is 20.2 Å². The molecule has 3 heterocycles. The van der Waals surface area contributed by atoms with E-state index in [0.717, 1.165) is 17.7 Å². The molecule has 32 heavy (non-hydrogen) atoms. The first-order valence-corrected chi connectivity index (χ1v) is 10.9. The topological polar surface area (TPSA) is 87.7 Å². The SMILES string of the molecule is CN(C)c1ncc2c(n1)C1(CCN(C(=O)CCNC(=O)c3ccc(F)cc3)CC1)OCC2. The molecule has 0 aliphatic carbocycles. The maximum Gasteiger partial charge on any atom is 0.251 e. The average molecular weight is 442 g/mol. The molecule has 2 aliphatic heterocycles. The molecule has 0 atom stereocenters. The molecule has 0 saturated carbocycles. The van der Waals surface area contributed by atoms with Crippen LogP contribution in [0.15, 0.2) is 30.5 Å². The molecule has 8 nitrogen and oxygen atoms in total. The quantitative estimate of drug-likeness (QED) is 0.763. The Kier molecular flexibility index (Phi) is 6.36. The number of amides is 2. The fourth-order valence-electron chi connectivity index (χ4n) is 4.26. The molecule has 0 bridgehead atoms. The van der Waals surface area contributed by atoms with Gasteiger partial charge in [-0.05, 0) is 49.1 Å². The van der Waals surface area contributed by atoms with Crippen LogP contribution in [0, 0.1) is 5.82 Å². The minimum absolute atomic E-state index is 0.00745. The summed E-state index contributed by atoms with van der Waals surface area (Å²) in [5.74, 6) is -0.0662. The molecule has 0 unspecified atom stereocenters. The van der Waals surface area contributed by atoms with Crippen LogP contribution >= 0.6 is 0 Å². The van der Waals surface area contributed by atoms with Crippen molar-refractivity contribution in [1.29, 1.82) is 0 Å². The van der Waals surface area contributed by atoms with E-state index >= 15 is 0 Å². The van der Waals surface area contributed by atoms with E-state index in [2.05, 4.69) is 10.3 Å². The van der Waals surface area contributed by atoms with Crippen LogP contribution in [0.2, 0.25) is 0 Å². The van der Waals surface area contributed by atoms with Crippen molar-refractivity contribution in [2.24, 2.45) is 0 Å². The maximum atomic E-state index is 13.0. The summed E-state index contributed by atoms with van der Waals surface area (Å²) in [7, 11) is 3.82. The van der Waals surface area contributed by atoms with Gasteiger partial charge in [-0.15, -0.1) is 0 Å². The van der Waals surface area contributed by atoms with Gasteiger partial charge in [0.1, 0.15) is 11.4 Å². The van der Waals surface area contributed by atoms with Gasteiger partial charge >= 0.3 is 0 Å². The van der Waals surface area contributed by atoms with Crippen LogP contribution < -0.4 is 10.2 Å². The molecule has 9 heteroatoms. The van der Waals surface area contributed by atoms with Crippen LogP contribution in [-0.2, 0) is 21.6 Å². The highest BCUT2D eigenvalue weighted by atomic mass is 19.1. The Balaban J connectivity index is 1.32. The van der Waals surface area contributed by atoms with Gasteiger partial charge in [-0.1, -0.05) is 0 Å². The zero-order chi connectivity index (χ0) is 22.7. The number of piperidine rings is 1. The number of anilines is 1. The smallest absolute Gasteiger partial charge is 0.251 e. The molecular formula is C23H28FN5O3. The van der Waals surface area contributed by atoms with Crippen LogP contribution in [0.4, 0.5) is 10.3 Å². The molecule has 1 spiro atoms. The zero-order valence-corrected chi connectivity index (χ0v) is 18.4. The van der Waals surface area contributed by atoms with Crippen molar-refractivity contribution in [3.05, 3.63) is 53.1 Å². The number of halogens is 1. The number of carbonyl (C=O) groups is 2. The van der Waals surface area contributed by atoms with Gasteiger partial charge in [0.2, 0.25) is 11.9 Å². The molecule has 1 saturated heterocycles. The second-order valence-electron chi connectivity index (χ2n) is 8.42. The summed E-state index contributed by atoms with van der Waals surface area (Å²) in [6, 6.07) is 5.32. The van der Waals surface area contributed by atoms with Crippen LogP contribution in [-0.4, -0.2) is 67.0 Å². The summed E-state index contributed by atoms with van der Waals surface area (Å²) in [5, 5.41) is 2.72. The van der Waals surface area contributed by atoms with Crippen LogP contribution in [0.3, 0.4) is 0 Å². The Labute approximate surface area is 186 Å². The number of likely N-dealkylation sites (tertiary alicyclic amines) is 1. The third-order valence-electron chi connectivity index (χ3n) is 6.09. The van der Waals surface area contributed by atoms with Crippen molar-refractivity contribution in [2.45, 2.75) is 31.3 Å². The number of benzene rings is 1. The lowest BCUT2D eigenvalue weighted by Gasteiger charge is -2.44. The number of hydrogen-bond acceptors (Lipinski definition) is 6. The van der Waals surface area contributed by atoms with Gasteiger partial charge < -0.3 is 19.9 Å². The zero-order valence-electron chi connectivity index (χ0n) is 18.4. The lowest BCUT2D eigenvalue weighted by Crippen LogP contribution is -2.49. The van der Waals surface area contributed by atoms with E-state index in [0.29, 0.717) is 44.0 Å². The van der Waals surface area contributed by atoms with E-state index in [9.17, 15) is 14.0 Å². The Morgan fingerprint density at radius 1 is 1.22 bits per heavy atom. The first-order chi connectivity index (χ1) is 15.4. The Hall–Kier alpha value is -3.07. The first kappa shape index (κ1) is 22.1. The highest BCUT2D eigenvalue weighted by molar-refractivity contribution is 5.94. The number of nitrogens with one attached hydrogen (secondary N) is 1. The molecule has 0 radical (unpaired) electrons. The van der Waals surface area contributed by atoms with Gasteiger partial charge in [0.05, 0.1) is 12.3 Å². The number of rotatable bonds is 5. The second-order valence-corrected chi connectivity index (χ2v) is 8.42. The molecule has 2 aliphatic rings. The van der Waals surface area contributed by atoms with Crippen molar-refractivity contribution in [2.75, 3.05) is 45.2 Å². The number of ether oxygens (including phenoxy) is 1. The van der Waals surface area contributed by atoms with E-state index in [1.54, 1.807) is 0 Å². The van der Waals surface area contributed by atoms with Crippen molar-refractivity contribution in [3.8, 4) is 0 Å². The number of carbonyl (C=O) groups excluding carboxylic acids is 2. The van der Waals surface area contributed by atoms with Crippen molar-refractivity contribution < 1.29 is 18.7 Å². The third kappa shape index (κ3) is 4.57. The Morgan fingerprint density at radius 2 is 1.94 bits per heavy atom. The molecule has 2 aromatic rings. The van der Waals surface area contributed by atoms with Gasteiger partial charge in [0.15, 0.2) is 0 Å². The van der Waals surface area contributed by atoms with Crippen LogP contribution in [0.25, 0.3) is 0 Å². The lowest BCUT2D eigenvalue weighted by molar-refractivity contribution is -0.141. The second kappa shape index (κ2) is 9.20. The highest BCUT2D eigenvalue weighted by Crippen LogP contribution is 2.40. The largest absolute Gasteiger partial charge is 0.368 e. The van der Waals surface area contributed by atoms with Crippen molar-refractivity contribution >= 4 is 17.8 Å². The lowest BCUT2D eigenvalue weighted by atomic mass is 9.83. The summed E-state index contributed by atoms with van der Waals surface area (Å²) < 4.78 is 19.2. The highest BCUT2D eigenvalue weighted by Gasteiger charge is 2.43. The molecule has 1 N–H and O–H groups in total. The number of fused-ring (bicyclic) bond motifs is 2. The summed E-state index contributed by atoms with van der Waals surface area (Å²) in [5.41, 5.74) is 1.95. The van der Waals surface area contributed by atoms with Gasteiger partial charge in [-0.2, -0.15) is 0 Å². The minimum Gasteiger partial charge on any atom is -0.368 e. The van der Waals surface area contributed by atoms with E-state index in [4.69, 9.17) is 9.72 Å². The molecule has 1 aromatic heterocycles. The first-order valence-electron chi connectivity index (χ1n) is 10.9. The molecule has 170 valence electrons. The summed E-state index contributed by atoms with van der Waals surface area (Å²) >= 11 is 0. The third-order valence-corrected chi connectivity index (χ3v) is 6.09. The summed E-state index contributed by atoms with van der Waals surface area (Å²) in [6.07, 6.45) is 4.25. The van der Waals surface area contributed by atoms with E-state index in [1.807, 2.05) is 30.1 Å². The fraction of sp³-hybridized carbons (Fsp3) is 0.478. The molecule has 1 aromatic carbocycles. The Morgan fingerprint density at radius 3 is 2.62 bits per heavy atom. The normalized spacial score (nSPS) is 17.0. The predicted octanol–water partition coefficient (Wildman–Crippen LogP) is 1.89. The van der Waals surface area contributed by atoms with Gasteiger partial charge in [0.25, 0.3) is 5.91 Å². The van der Waals surface area contributed by atoms with Crippen molar-refractivity contribution in [3.63, 3.8) is 0 Å². The van der Waals surface area contributed by atoms with E-state index in [-0.39, 0.29) is 24.8 Å². The van der Waals surface area contributed by atoms with Gasteiger partial charge in [0, 0.05) is 51.9 Å². The molecule has 4 rings (SSSR count). The van der Waals surface area contributed by atoms with Gasteiger partial charge in [-0.25, -0.2) is 14.4 Å². The van der Waals surface area contributed by atoms with E-state index < -0.39 is 11.4 Å². The predicted molar refractivity (Wildman–Crippen MR) is 117 cm³/mol. The number of aromatic nitrogens is 2. The average Bonchev–Trinajstić information content (AvgIpc) is 2.80. The minimum atomic E-state index is -0.477. The monoisotopic (exact) mass is 441 g/mol. The Bertz CT molecular complexity index is 988. The van der Waals surface area contributed by atoms with Crippen LogP contribution in [0.1, 0.15) is 40.9 Å². The maximum absolute atomic E-state index is 13.0. The number of nitrogens with zero attached hydrogens (tertiary/aromatic N) is 4. The van der Waals surface area contributed by atoms with Gasteiger partial charge in [-0.3, -0.25) is 9.59 Å². The summed E-state index contributed by atoms with van der Waals surface area (Å²) in [6.45, 7) is 2.01. The number of hydrogen-bond donors (Lipinski definition) is 1. The summed E-state index contributed by atoms with van der Waals surface area (Å²) in [4.78, 5) is 37.7. The standard InChI is InChI=1S/C23H28FN5O3/c1-28(2)22-26-15-17-8-14-32-23(20(17)27-22)9-12-29(13-10-23)19(30)7-11-25-21(31)16-3-5-18(24)6-4-16/h3-6,15H,7-14H2,1-2H3,(H,25,31). The molecule has 2 amide bonds. The molecule has 1 fully saturated rings.